The molecule has 5 nitrogen and oxygen atoms in total. The lowest BCUT2D eigenvalue weighted by Gasteiger charge is -2.19. The molecule has 2 aromatic carbocycles. The molecule has 0 saturated carbocycles. The van der Waals surface area contributed by atoms with Crippen molar-refractivity contribution >= 4 is 34.5 Å². The van der Waals surface area contributed by atoms with E-state index in [1.165, 1.54) is 11.6 Å². The number of hydrogen-bond donors (Lipinski definition) is 1. The highest BCUT2D eigenvalue weighted by Gasteiger charge is 2.13. The van der Waals surface area contributed by atoms with E-state index in [-0.39, 0.29) is 17.9 Å². The Morgan fingerprint density at radius 3 is 2.48 bits per heavy atom. The highest BCUT2D eigenvalue weighted by molar-refractivity contribution is 5.96. The van der Waals surface area contributed by atoms with Crippen molar-refractivity contribution in [2.75, 3.05) is 11.9 Å². The van der Waals surface area contributed by atoms with E-state index in [1.54, 1.807) is 12.3 Å². The van der Waals surface area contributed by atoms with E-state index in [9.17, 15) is 9.59 Å². The van der Waals surface area contributed by atoms with E-state index in [0.29, 0.717) is 5.69 Å². The van der Waals surface area contributed by atoms with Crippen LogP contribution in [0.15, 0.2) is 66.9 Å². The molecule has 0 saturated heterocycles. The first-order valence-electron chi connectivity index (χ1n) is 9.42. The third-order valence-corrected chi connectivity index (χ3v) is 4.44. The summed E-state index contributed by atoms with van der Waals surface area (Å²) in [4.78, 5) is 28.3. The molecule has 1 N–H and O–H groups in total. The molecule has 0 radical (unpaired) electrons. The summed E-state index contributed by atoms with van der Waals surface area (Å²) in [5.41, 5.74) is 3.50. The number of hydrogen-bond acceptors (Lipinski definition) is 4. The minimum absolute atomic E-state index is 0.0456. The van der Waals surface area contributed by atoms with Crippen LogP contribution in [0.2, 0.25) is 0 Å². The van der Waals surface area contributed by atoms with Gasteiger partial charge in [-0.2, -0.15) is 0 Å². The summed E-state index contributed by atoms with van der Waals surface area (Å²) < 4.78 is 5.03. The van der Waals surface area contributed by atoms with Crippen LogP contribution in [0.1, 0.15) is 31.9 Å². The number of carbonyl (C=O) groups is 2. The number of aromatic nitrogens is 1. The summed E-state index contributed by atoms with van der Waals surface area (Å²) in [5, 5.41) is 3.71. The van der Waals surface area contributed by atoms with Gasteiger partial charge in [-0.05, 0) is 35.3 Å². The zero-order valence-electron chi connectivity index (χ0n) is 16.8. The summed E-state index contributed by atoms with van der Waals surface area (Å²) in [7, 11) is 0. The minimum atomic E-state index is -0.587. The molecule has 1 heterocycles. The van der Waals surface area contributed by atoms with Gasteiger partial charge in [0.25, 0.3) is 5.91 Å². The number of anilines is 1. The average molecular weight is 388 g/mol. The number of ether oxygens (including phenoxy) is 1. The number of benzene rings is 2. The Kier molecular flexibility index (Phi) is 6.07. The molecule has 0 unspecified atom stereocenters. The van der Waals surface area contributed by atoms with Crippen LogP contribution < -0.4 is 5.32 Å². The summed E-state index contributed by atoms with van der Waals surface area (Å²) >= 11 is 0. The van der Waals surface area contributed by atoms with E-state index < -0.39 is 5.97 Å². The van der Waals surface area contributed by atoms with Gasteiger partial charge in [0.2, 0.25) is 0 Å². The lowest BCUT2D eigenvalue weighted by molar-refractivity contribution is -0.142. The zero-order valence-corrected chi connectivity index (χ0v) is 16.8. The molecule has 3 rings (SSSR count). The van der Waals surface area contributed by atoms with E-state index in [0.717, 1.165) is 16.5 Å². The molecule has 5 heteroatoms. The number of esters is 1. The van der Waals surface area contributed by atoms with E-state index in [4.69, 9.17) is 4.74 Å². The van der Waals surface area contributed by atoms with Gasteiger partial charge in [-0.15, -0.1) is 0 Å². The van der Waals surface area contributed by atoms with Crippen LogP contribution in [0.5, 0.6) is 0 Å². The molecule has 0 fully saturated rings. The Balaban J connectivity index is 1.53. The lowest BCUT2D eigenvalue weighted by atomic mass is 9.87. The smallest absolute Gasteiger partial charge is 0.331 e. The van der Waals surface area contributed by atoms with Crippen LogP contribution in [-0.2, 0) is 19.7 Å². The van der Waals surface area contributed by atoms with Crippen molar-refractivity contribution in [3.8, 4) is 0 Å². The van der Waals surface area contributed by atoms with E-state index in [2.05, 4.69) is 31.1 Å². The lowest BCUT2D eigenvalue weighted by Crippen LogP contribution is -2.20. The van der Waals surface area contributed by atoms with Crippen molar-refractivity contribution in [1.82, 2.24) is 4.98 Å². The van der Waals surface area contributed by atoms with Crippen LogP contribution in [0, 0.1) is 0 Å². The van der Waals surface area contributed by atoms with Crippen molar-refractivity contribution in [1.29, 1.82) is 0 Å². The number of amides is 1. The van der Waals surface area contributed by atoms with Gasteiger partial charge in [0, 0.05) is 28.9 Å². The van der Waals surface area contributed by atoms with Gasteiger partial charge in [-0.25, -0.2) is 4.79 Å². The van der Waals surface area contributed by atoms with Crippen molar-refractivity contribution < 1.29 is 14.3 Å². The zero-order chi connectivity index (χ0) is 20.9. The number of rotatable bonds is 5. The number of fused-ring (bicyclic) bond motifs is 1. The summed E-state index contributed by atoms with van der Waals surface area (Å²) in [6.45, 7) is 6.03. The Labute approximate surface area is 170 Å². The minimum Gasteiger partial charge on any atom is -0.452 e. The quantitative estimate of drug-likeness (QED) is 0.507. The molecule has 1 amide bonds. The molecule has 0 atom stereocenters. The van der Waals surface area contributed by atoms with Crippen molar-refractivity contribution in [2.24, 2.45) is 0 Å². The van der Waals surface area contributed by atoms with Crippen molar-refractivity contribution in [2.45, 2.75) is 26.2 Å². The molecule has 1 aromatic heterocycles. The van der Waals surface area contributed by atoms with Gasteiger partial charge >= 0.3 is 5.97 Å². The maximum atomic E-state index is 12.0. The van der Waals surface area contributed by atoms with Crippen LogP contribution >= 0.6 is 0 Å². The predicted octanol–water partition coefficient (Wildman–Crippen LogP) is 4.73. The number of para-hydroxylation sites is 1. The molecule has 148 valence electrons. The molecule has 0 aliphatic carbocycles. The summed E-state index contributed by atoms with van der Waals surface area (Å²) in [6, 6.07) is 17.2. The fraction of sp³-hybridized carbons (Fsp3) is 0.208. The Bertz CT molecular complexity index is 1040. The SMILES string of the molecule is CC(C)(C)c1ccc(NC(=O)COC(=O)/C=C/c2cccc3cccnc23)cc1. The molecule has 3 aromatic rings. The number of nitrogens with zero attached hydrogens (tertiary/aromatic N) is 1. The standard InChI is InChI=1S/C24H24N2O3/c1-24(2,3)19-10-12-20(13-11-19)26-21(27)16-29-22(28)14-9-18-7-4-6-17-8-5-15-25-23(17)18/h4-15H,16H2,1-3H3,(H,26,27)/b14-9+. The van der Waals surface area contributed by atoms with Gasteiger partial charge in [0.05, 0.1) is 5.52 Å². The molecule has 0 aliphatic rings. The largest absolute Gasteiger partial charge is 0.452 e. The number of carbonyl (C=O) groups excluding carboxylic acids is 2. The highest BCUT2D eigenvalue weighted by atomic mass is 16.5. The Morgan fingerprint density at radius 1 is 1.03 bits per heavy atom. The predicted molar refractivity (Wildman–Crippen MR) is 116 cm³/mol. The molecule has 0 aliphatic heterocycles. The normalized spacial score (nSPS) is 11.6. The van der Waals surface area contributed by atoms with Crippen LogP contribution in [0.3, 0.4) is 0 Å². The maximum Gasteiger partial charge on any atom is 0.331 e. The first-order chi connectivity index (χ1) is 13.8. The second-order valence-corrected chi connectivity index (χ2v) is 7.74. The van der Waals surface area contributed by atoms with Crippen LogP contribution in [0.25, 0.3) is 17.0 Å². The molecule has 29 heavy (non-hydrogen) atoms. The van der Waals surface area contributed by atoms with Crippen LogP contribution in [-0.4, -0.2) is 23.5 Å². The fourth-order valence-electron chi connectivity index (χ4n) is 2.86. The second kappa shape index (κ2) is 8.69. The molecule has 0 spiro atoms. The third kappa shape index (κ3) is 5.51. The van der Waals surface area contributed by atoms with Gasteiger partial charge in [0.1, 0.15) is 0 Å². The van der Waals surface area contributed by atoms with E-state index >= 15 is 0 Å². The summed E-state index contributed by atoms with van der Waals surface area (Å²) in [5.74, 6) is -0.974. The number of pyridine rings is 1. The van der Waals surface area contributed by atoms with Crippen molar-refractivity contribution in [3.05, 3.63) is 78.0 Å². The van der Waals surface area contributed by atoms with Gasteiger partial charge < -0.3 is 10.1 Å². The van der Waals surface area contributed by atoms with Crippen molar-refractivity contribution in [3.63, 3.8) is 0 Å². The first kappa shape index (κ1) is 20.3. The Morgan fingerprint density at radius 2 is 1.76 bits per heavy atom. The maximum absolute atomic E-state index is 12.0. The monoisotopic (exact) mass is 388 g/mol. The van der Waals surface area contributed by atoms with Gasteiger partial charge in [0.15, 0.2) is 6.61 Å². The molecular weight excluding hydrogens is 364 g/mol. The topological polar surface area (TPSA) is 68.3 Å². The molecule has 0 bridgehead atoms. The average Bonchev–Trinajstić information content (AvgIpc) is 2.70. The second-order valence-electron chi connectivity index (χ2n) is 7.74. The molecular formula is C24H24N2O3. The fourth-order valence-corrected chi connectivity index (χ4v) is 2.86. The summed E-state index contributed by atoms with van der Waals surface area (Å²) in [6.07, 6.45) is 4.64. The number of nitrogens with one attached hydrogen (secondary N) is 1. The van der Waals surface area contributed by atoms with E-state index in [1.807, 2.05) is 54.6 Å². The highest BCUT2D eigenvalue weighted by Crippen LogP contribution is 2.23. The van der Waals surface area contributed by atoms with Gasteiger partial charge in [-0.1, -0.05) is 57.2 Å². The van der Waals surface area contributed by atoms with Gasteiger partial charge in [-0.3, -0.25) is 9.78 Å². The third-order valence-electron chi connectivity index (χ3n) is 4.44. The van der Waals surface area contributed by atoms with Crippen LogP contribution in [0.4, 0.5) is 5.69 Å². The first-order valence-corrected chi connectivity index (χ1v) is 9.42. The Hall–Kier alpha value is -3.47.